The molecule has 1 aliphatic heterocycles. The van der Waals surface area contributed by atoms with Gasteiger partial charge in [0.2, 0.25) is 6.79 Å². The summed E-state index contributed by atoms with van der Waals surface area (Å²) in [7, 11) is 0. The number of hydrogen-bond donors (Lipinski definition) is 1. The van der Waals surface area contributed by atoms with Gasteiger partial charge >= 0.3 is 0 Å². The molecule has 0 fully saturated rings. The molecule has 100 valence electrons. The zero-order chi connectivity index (χ0) is 13.4. The van der Waals surface area contributed by atoms with Crippen molar-refractivity contribution in [2.24, 2.45) is 0 Å². The number of nitrogens with one attached hydrogen (secondary N) is 1. The van der Waals surface area contributed by atoms with Crippen molar-refractivity contribution in [3.05, 3.63) is 48.4 Å². The summed E-state index contributed by atoms with van der Waals surface area (Å²) in [6.07, 6.45) is 5.29. The van der Waals surface area contributed by atoms with Gasteiger partial charge in [-0.05, 0) is 12.1 Å². The Morgan fingerprint density at radius 3 is 3.20 bits per heavy atom. The van der Waals surface area contributed by atoms with Gasteiger partial charge in [-0.3, -0.25) is 0 Å². The van der Waals surface area contributed by atoms with E-state index in [1.54, 1.807) is 16.9 Å². The van der Waals surface area contributed by atoms with E-state index in [0.717, 1.165) is 28.4 Å². The molecule has 2 aromatic heterocycles. The van der Waals surface area contributed by atoms with Gasteiger partial charge in [-0.15, -0.1) is 0 Å². The molecule has 0 aliphatic carbocycles. The number of anilines is 1. The Labute approximate surface area is 115 Å². The number of rotatable bonds is 3. The standard InChI is InChI=1S/C14H12N4O2/c1-2-10(13-12(3-1)19-9-20-13)8-16-14-11-4-5-17-18(11)7-6-15-14/h1-7H,8-9H2,(H,15,16). The van der Waals surface area contributed by atoms with Crippen LogP contribution in [0.1, 0.15) is 5.56 Å². The summed E-state index contributed by atoms with van der Waals surface area (Å²) in [5, 5.41) is 7.50. The zero-order valence-corrected chi connectivity index (χ0v) is 10.6. The van der Waals surface area contributed by atoms with E-state index in [1.807, 2.05) is 30.5 Å². The Balaban J connectivity index is 1.62. The van der Waals surface area contributed by atoms with Crippen LogP contribution in [0.15, 0.2) is 42.9 Å². The first-order valence-corrected chi connectivity index (χ1v) is 6.31. The van der Waals surface area contributed by atoms with Crippen LogP contribution in [0.25, 0.3) is 5.52 Å². The second-order valence-electron chi connectivity index (χ2n) is 4.44. The van der Waals surface area contributed by atoms with Crippen molar-refractivity contribution in [1.29, 1.82) is 0 Å². The van der Waals surface area contributed by atoms with E-state index >= 15 is 0 Å². The highest BCUT2D eigenvalue weighted by Gasteiger charge is 2.17. The maximum Gasteiger partial charge on any atom is 0.231 e. The van der Waals surface area contributed by atoms with E-state index in [9.17, 15) is 0 Å². The molecule has 0 radical (unpaired) electrons. The number of nitrogens with zero attached hydrogens (tertiary/aromatic N) is 3. The molecule has 0 saturated heterocycles. The Morgan fingerprint density at radius 2 is 2.20 bits per heavy atom. The molecule has 0 bridgehead atoms. The lowest BCUT2D eigenvalue weighted by molar-refractivity contribution is 0.173. The van der Waals surface area contributed by atoms with Gasteiger partial charge in [0.15, 0.2) is 17.3 Å². The Morgan fingerprint density at radius 1 is 1.20 bits per heavy atom. The number of hydrogen-bond acceptors (Lipinski definition) is 5. The third-order valence-electron chi connectivity index (χ3n) is 3.25. The highest BCUT2D eigenvalue weighted by Crippen LogP contribution is 2.35. The molecule has 0 spiro atoms. The molecule has 1 aromatic carbocycles. The molecule has 3 heterocycles. The lowest BCUT2D eigenvalue weighted by atomic mass is 10.2. The van der Waals surface area contributed by atoms with Crippen molar-refractivity contribution < 1.29 is 9.47 Å². The first kappa shape index (κ1) is 11.1. The summed E-state index contributed by atoms with van der Waals surface area (Å²) in [5.41, 5.74) is 1.99. The Kier molecular flexibility index (Phi) is 2.45. The van der Waals surface area contributed by atoms with Crippen LogP contribution in [0, 0.1) is 0 Å². The molecule has 0 amide bonds. The van der Waals surface area contributed by atoms with Crippen molar-refractivity contribution in [1.82, 2.24) is 14.6 Å². The van der Waals surface area contributed by atoms with E-state index in [-0.39, 0.29) is 6.79 Å². The number of fused-ring (bicyclic) bond motifs is 2. The minimum absolute atomic E-state index is 0.281. The molecular formula is C14H12N4O2. The van der Waals surface area contributed by atoms with Gasteiger partial charge in [-0.2, -0.15) is 5.10 Å². The van der Waals surface area contributed by atoms with Crippen molar-refractivity contribution >= 4 is 11.3 Å². The summed E-state index contributed by atoms with van der Waals surface area (Å²) >= 11 is 0. The highest BCUT2D eigenvalue weighted by molar-refractivity contribution is 5.67. The molecule has 6 nitrogen and oxygen atoms in total. The van der Waals surface area contributed by atoms with Crippen LogP contribution in [0.3, 0.4) is 0 Å². The number of benzene rings is 1. The van der Waals surface area contributed by atoms with Gasteiger partial charge < -0.3 is 14.8 Å². The van der Waals surface area contributed by atoms with E-state index < -0.39 is 0 Å². The topological polar surface area (TPSA) is 60.7 Å². The van der Waals surface area contributed by atoms with Crippen molar-refractivity contribution in [3.8, 4) is 11.5 Å². The van der Waals surface area contributed by atoms with Crippen molar-refractivity contribution in [2.45, 2.75) is 6.54 Å². The SMILES string of the molecule is c1cc(CNc2nccn3nccc23)c2c(c1)OCO2. The molecule has 0 unspecified atom stereocenters. The fourth-order valence-corrected chi connectivity index (χ4v) is 2.30. The zero-order valence-electron chi connectivity index (χ0n) is 10.6. The molecule has 20 heavy (non-hydrogen) atoms. The van der Waals surface area contributed by atoms with Crippen molar-refractivity contribution in [2.75, 3.05) is 12.1 Å². The average Bonchev–Trinajstić information content (AvgIpc) is 3.13. The third-order valence-corrected chi connectivity index (χ3v) is 3.25. The maximum absolute atomic E-state index is 5.49. The lowest BCUT2D eigenvalue weighted by Gasteiger charge is -2.09. The molecule has 0 saturated carbocycles. The maximum atomic E-state index is 5.49. The summed E-state index contributed by atoms with van der Waals surface area (Å²) < 4.78 is 12.6. The summed E-state index contributed by atoms with van der Waals surface area (Å²) in [4.78, 5) is 4.34. The molecule has 1 aliphatic rings. The molecular weight excluding hydrogens is 256 g/mol. The minimum atomic E-state index is 0.281. The van der Waals surface area contributed by atoms with E-state index in [1.165, 1.54) is 0 Å². The minimum Gasteiger partial charge on any atom is -0.454 e. The molecule has 6 heteroatoms. The first-order chi connectivity index (χ1) is 9.92. The Hall–Kier alpha value is -2.76. The third kappa shape index (κ3) is 1.73. The van der Waals surface area contributed by atoms with Gasteiger partial charge in [0, 0.05) is 24.5 Å². The fraction of sp³-hybridized carbons (Fsp3) is 0.143. The predicted octanol–water partition coefficient (Wildman–Crippen LogP) is 2.07. The molecule has 0 atom stereocenters. The van der Waals surface area contributed by atoms with Crippen molar-refractivity contribution in [3.63, 3.8) is 0 Å². The van der Waals surface area contributed by atoms with Crippen LogP contribution in [-0.4, -0.2) is 21.4 Å². The second-order valence-corrected chi connectivity index (χ2v) is 4.44. The van der Waals surface area contributed by atoms with Gasteiger partial charge in [-0.25, -0.2) is 9.50 Å². The monoisotopic (exact) mass is 268 g/mol. The first-order valence-electron chi connectivity index (χ1n) is 6.31. The fourth-order valence-electron chi connectivity index (χ4n) is 2.30. The van der Waals surface area contributed by atoms with Crippen LogP contribution in [0.2, 0.25) is 0 Å². The van der Waals surface area contributed by atoms with E-state index in [4.69, 9.17) is 9.47 Å². The van der Waals surface area contributed by atoms with Gasteiger partial charge in [-0.1, -0.05) is 12.1 Å². The molecule has 3 aromatic rings. The van der Waals surface area contributed by atoms with Crippen LogP contribution < -0.4 is 14.8 Å². The van der Waals surface area contributed by atoms with Gasteiger partial charge in [0.1, 0.15) is 5.52 Å². The van der Waals surface area contributed by atoms with E-state index in [0.29, 0.717) is 6.54 Å². The Bertz CT molecular complexity index is 769. The summed E-state index contributed by atoms with van der Waals surface area (Å²) in [6.45, 7) is 0.896. The van der Waals surface area contributed by atoms with E-state index in [2.05, 4.69) is 15.4 Å². The predicted molar refractivity (Wildman–Crippen MR) is 72.9 cm³/mol. The van der Waals surface area contributed by atoms with Crippen LogP contribution in [-0.2, 0) is 6.54 Å². The number of ether oxygens (including phenoxy) is 2. The lowest BCUT2D eigenvalue weighted by Crippen LogP contribution is -2.04. The summed E-state index contributed by atoms with van der Waals surface area (Å²) in [5.74, 6) is 2.39. The molecule has 4 rings (SSSR count). The van der Waals surface area contributed by atoms with Gasteiger partial charge in [0.05, 0.1) is 6.20 Å². The van der Waals surface area contributed by atoms with Crippen LogP contribution in [0.5, 0.6) is 11.5 Å². The summed E-state index contributed by atoms with van der Waals surface area (Å²) in [6, 6.07) is 7.79. The highest BCUT2D eigenvalue weighted by atomic mass is 16.7. The largest absolute Gasteiger partial charge is 0.454 e. The quantitative estimate of drug-likeness (QED) is 0.788. The second kappa shape index (κ2) is 4.41. The number of aromatic nitrogens is 3. The van der Waals surface area contributed by atoms with Crippen LogP contribution in [0.4, 0.5) is 5.82 Å². The molecule has 1 N–H and O–H groups in total. The smallest absolute Gasteiger partial charge is 0.231 e. The van der Waals surface area contributed by atoms with Crippen LogP contribution >= 0.6 is 0 Å². The normalized spacial score (nSPS) is 12.8. The average molecular weight is 268 g/mol. The number of para-hydroxylation sites is 1. The van der Waals surface area contributed by atoms with Gasteiger partial charge in [0.25, 0.3) is 0 Å².